The predicted molar refractivity (Wildman–Crippen MR) is 61.6 cm³/mol. The fraction of sp³-hybridized carbons (Fsp3) is 0.818. The highest BCUT2D eigenvalue weighted by atomic mass is 16.4. The molecule has 1 aliphatic carbocycles. The van der Waals surface area contributed by atoms with E-state index in [0.717, 1.165) is 12.8 Å². The number of aliphatic hydroxyl groups excluding tert-OH is 1. The SMILES string of the molecule is CC(O)CCN(C)C(=O)NC(C(=O)O)C1CC1. The number of carboxylic acids is 1. The summed E-state index contributed by atoms with van der Waals surface area (Å²) in [7, 11) is 1.59. The topological polar surface area (TPSA) is 89.9 Å². The van der Waals surface area contributed by atoms with E-state index in [1.807, 2.05) is 0 Å². The van der Waals surface area contributed by atoms with Crippen molar-refractivity contribution in [2.45, 2.75) is 38.3 Å². The number of carboxylic acid groups (broad SMARTS) is 1. The van der Waals surface area contributed by atoms with Gasteiger partial charge in [-0.3, -0.25) is 0 Å². The van der Waals surface area contributed by atoms with Crippen LogP contribution in [0.3, 0.4) is 0 Å². The zero-order valence-electron chi connectivity index (χ0n) is 10.2. The Balaban J connectivity index is 2.38. The van der Waals surface area contributed by atoms with Crippen molar-refractivity contribution in [2.24, 2.45) is 5.92 Å². The molecule has 2 amide bonds. The Morgan fingerprint density at radius 2 is 2.06 bits per heavy atom. The predicted octanol–water partition coefficient (Wildman–Crippen LogP) is 0.262. The third kappa shape index (κ3) is 4.60. The monoisotopic (exact) mass is 244 g/mol. The molecule has 0 saturated heterocycles. The van der Waals surface area contributed by atoms with Crippen LogP contribution in [0.4, 0.5) is 4.79 Å². The Kier molecular flexibility index (Phi) is 4.74. The van der Waals surface area contributed by atoms with Gasteiger partial charge in [-0.05, 0) is 32.1 Å². The van der Waals surface area contributed by atoms with Crippen LogP contribution in [-0.4, -0.2) is 52.9 Å². The first-order valence-corrected chi connectivity index (χ1v) is 5.84. The van der Waals surface area contributed by atoms with Gasteiger partial charge in [0.25, 0.3) is 0 Å². The second-order valence-electron chi connectivity index (χ2n) is 4.66. The molecular formula is C11H20N2O4. The molecule has 6 nitrogen and oxygen atoms in total. The van der Waals surface area contributed by atoms with Crippen molar-refractivity contribution in [3.63, 3.8) is 0 Å². The first kappa shape index (κ1) is 13.8. The molecule has 6 heteroatoms. The van der Waals surface area contributed by atoms with Gasteiger partial charge in [0.15, 0.2) is 0 Å². The Hall–Kier alpha value is -1.30. The van der Waals surface area contributed by atoms with Gasteiger partial charge in [-0.2, -0.15) is 0 Å². The maximum absolute atomic E-state index is 11.7. The molecule has 17 heavy (non-hydrogen) atoms. The van der Waals surface area contributed by atoms with Crippen molar-refractivity contribution >= 4 is 12.0 Å². The molecule has 2 unspecified atom stereocenters. The number of hydrogen-bond donors (Lipinski definition) is 3. The maximum atomic E-state index is 11.7. The first-order chi connectivity index (χ1) is 7.91. The van der Waals surface area contributed by atoms with Crippen LogP contribution < -0.4 is 5.32 Å². The normalized spacial score (nSPS) is 18.3. The molecule has 98 valence electrons. The van der Waals surface area contributed by atoms with E-state index in [0.29, 0.717) is 13.0 Å². The van der Waals surface area contributed by atoms with Crippen LogP contribution >= 0.6 is 0 Å². The van der Waals surface area contributed by atoms with Crippen molar-refractivity contribution in [2.75, 3.05) is 13.6 Å². The molecule has 0 aromatic rings. The number of aliphatic carboxylic acids is 1. The van der Waals surface area contributed by atoms with E-state index in [2.05, 4.69) is 5.32 Å². The lowest BCUT2D eigenvalue weighted by atomic mass is 10.2. The third-order valence-electron chi connectivity index (χ3n) is 2.87. The standard InChI is InChI=1S/C11H20N2O4/c1-7(14)5-6-13(2)11(17)12-9(10(15)16)8-3-4-8/h7-9,14H,3-6H2,1-2H3,(H,12,17)(H,15,16). The van der Waals surface area contributed by atoms with Gasteiger partial charge in [0.1, 0.15) is 6.04 Å². The Labute approximate surface area is 101 Å². The van der Waals surface area contributed by atoms with Crippen molar-refractivity contribution in [1.82, 2.24) is 10.2 Å². The van der Waals surface area contributed by atoms with E-state index < -0.39 is 24.1 Å². The second kappa shape index (κ2) is 5.86. The Bertz CT molecular complexity index is 289. The minimum absolute atomic E-state index is 0.0709. The molecule has 0 aromatic heterocycles. The highest BCUT2D eigenvalue weighted by Crippen LogP contribution is 2.32. The molecule has 3 N–H and O–H groups in total. The van der Waals surface area contributed by atoms with Gasteiger partial charge in [0.2, 0.25) is 0 Å². The summed E-state index contributed by atoms with van der Waals surface area (Å²) in [4.78, 5) is 24.0. The largest absolute Gasteiger partial charge is 0.480 e. The lowest BCUT2D eigenvalue weighted by Gasteiger charge is -2.21. The zero-order valence-corrected chi connectivity index (χ0v) is 10.2. The number of hydrogen-bond acceptors (Lipinski definition) is 3. The summed E-state index contributed by atoms with van der Waals surface area (Å²) >= 11 is 0. The number of nitrogens with zero attached hydrogens (tertiary/aromatic N) is 1. The Morgan fingerprint density at radius 1 is 1.47 bits per heavy atom. The molecular weight excluding hydrogens is 224 g/mol. The number of urea groups is 1. The van der Waals surface area contributed by atoms with E-state index in [9.17, 15) is 9.59 Å². The average molecular weight is 244 g/mol. The number of aliphatic hydroxyl groups is 1. The van der Waals surface area contributed by atoms with E-state index in [4.69, 9.17) is 10.2 Å². The molecule has 1 rings (SSSR count). The minimum atomic E-state index is -0.982. The van der Waals surface area contributed by atoms with E-state index in [1.54, 1.807) is 14.0 Å². The molecule has 0 aromatic carbocycles. The van der Waals surface area contributed by atoms with Crippen molar-refractivity contribution in [3.05, 3.63) is 0 Å². The van der Waals surface area contributed by atoms with Gasteiger partial charge in [-0.25, -0.2) is 9.59 Å². The van der Waals surface area contributed by atoms with Gasteiger partial charge in [-0.1, -0.05) is 0 Å². The third-order valence-corrected chi connectivity index (χ3v) is 2.87. The quantitative estimate of drug-likeness (QED) is 0.625. The van der Waals surface area contributed by atoms with Crippen LogP contribution in [0.1, 0.15) is 26.2 Å². The summed E-state index contributed by atoms with van der Waals surface area (Å²) in [6.07, 6.45) is 1.72. The number of carbonyl (C=O) groups is 2. The fourth-order valence-corrected chi connectivity index (χ4v) is 1.54. The number of nitrogens with one attached hydrogen (secondary N) is 1. The summed E-state index contributed by atoms with van der Waals surface area (Å²) in [5, 5.41) is 20.6. The van der Waals surface area contributed by atoms with Crippen LogP contribution in [0.15, 0.2) is 0 Å². The molecule has 2 atom stereocenters. The van der Waals surface area contributed by atoms with Gasteiger partial charge < -0.3 is 20.4 Å². The highest BCUT2D eigenvalue weighted by Gasteiger charge is 2.37. The minimum Gasteiger partial charge on any atom is -0.480 e. The van der Waals surface area contributed by atoms with Gasteiger partial charge in [0.05, 0.1) is 6.10 Å². The van der Waals surface area contributed by atoms with E-state index in [-0.39, 0.29) is 5.92 Å². The lowest BCUT2D eigenvalue weighted by Crippen LogP contribution is -2.48. The highest BCUT2D eigenvalue weighted by molar-refractivity contribution is 5.83. The van der Waals surface area contributed by atoms with Crippen molar-refractivity contribution < 1.29 is 19.8 Å². The first-order valence-electron chi connectivity index (χ1n) is 5.84. The van der Waals surface area contributed by atoms with Gasteiger partial charge >= 0.3 is 12.0 Å². The van der Waals surface area contributed by atoms with Gasteiger partial charge in [-0.15, -0.1) is 0 Å². The molecule has 0 spiro atoms. The average Bonchev–Trinajstić information content (AvgIpc) is 3.05. The van der Waals surface area contributed by atoms with E-state index >= 15 is 0 Å². The number of carbonyl (C=O) groups excluding carboxylic acids is 1. The van der Waals surface area contributed by atoms with Crippen molar-refractivity contribution in [3.8, 4) is 0 Å². The number of amides is 2. The Morgan fingerprint density at radius 3 is 2.47 bits per heavy atom. The number of rotatable bonds is 6. The van der Waals surface area contributed by atoms with Crippen LogP contribution in [0.2, 0.25) is 0 Å². The molecule has 0 radical (unpaired) electrons. The summed E-state index contributed by atoms with van der Waals surface area (Å²) < 4.78 is 0. The van der Waals surface area contributed by atoms with Crippen LogP contribution in [0.25, 0.3) is 0 Å². The molecule has 1 aliphatic rings. The summed E-state index contributed by atoms with van der Waals surface area (Å²) in [5.74, 6) is -0.911. The fourth-order valence-electron chi connectivity index (χ4n) is 1.54. The van der Waals surface area contributed by atoms with E-state index in [1.165, 1.54) is 4.90 Å². The summed E-state index contributed by atoms with van der Waals surface area (Å²) in [6.45, 7) is 2.05. The summed E-state index contributed by atoms with van der Waals surface area (Å²) in [6, 6.07) is -1.18. The van der Waals surface area contributed by atoms with Crippen LogP contribution in [-0.2, 0) is 4.79 Å². The van der Waals surface area contributed by atoms with Crippen molar-refractivity contribution in [1.29, 1.82) is 0 Å². The zero-order chi connectivity index (χ0) is 13.0. The van der Waals surface area contributed by atoms with Crippen LogP contribution in [0.5, 0.6) is 0 Å². The molecule has 1 saturated carbocycles. The molecule has 1 fully saturated rings. The second-order valence-corrected chi connectivity index (χ2v) is 4.66. The smallest absolute Gasteiger partial charge is 0.326 e. The van der Waals surface area contributed by atoms with Gasteiger partial charge in [0, 0.05) is 13.6 Å². The maximum Gasteiger partial charge on any atom is 0.326 e. The molecule has 0 heterocycles. The lowest BCUT2D eigenvalue weighted by molar-refractivity contribution is -0.139. The van der Waals surface area contributed by atoms with Crippen LogP contribution in [0, 0.1) is 5.92 Å². The molecule has 0 bridgehead atoms. The molecule has 0 aliphatic heterocycles. The summed E-state index contributed by atoms with van der Waals surface area (Å²) in [5.41, 5.74) is 0.